The van der Waals surface area contributed by atoms with Crippen LogP contribution in [0.1, 0.15) is 48.0 Å². The molecule has 0 saturated carbocycles. The molecular weight excluding hydrogens is 200 g/mol. The maximum atomic E-state index is 10.5. The highest BCUT2D eigenvalue weighted by Gasteiger charge is 2.40. The molecule has 1 rings (SSSR count). The van der Waals surface area contributed by atoms with Gasteiger partial charge in [-0.05, 0) is 48.0 Å². The molecule has 3 heteroatoms. The first-order valence-corrected chi connectivity index (χ1v) is 6.24. The first kappa shape index (κ1) is 13.9. The van der Waals surface area contributed by atoms with Crippen molar-refractivity contribution in [1.29, 1.82) is 0 Å². The van der Waals surface area contributed by atoms with E-state index in [0.29, 0.717) is 6.54 Å². The number of aliphatic hydroxyl groups is 1. The number of β-amino-alcohol motifs (C(OH)–C–C–N with tert-alkyl or cyclic N) is 1. The zero-order chi connectivity index (χ0) is 12.6. The summed E-state index contributed by atoms with van der Waals surface area (Å²) in [4.78, 5) is 2.36. The first-order valence-electron chi connectivity index (χ1n) is 6.24. The number of nitrogens with zero attached hydrogens (tertiary/aromatic N) is 1. The molecule has 0 radical (unpaired) electrons. The summed E-state index contributed by atoms with van der Waals surface area (Å²) in [6, 6.07) is 0. The van der Waals surface area contributed by atoms with Gasteiger partial charge in [-0.15, -0.1) is 0 Å². The van der Waals surface area contributed by atoms with Gasteiger partial charge in [0.25, 0.3) is 0 Å². The summed E-state index contributed by atoms with van der Waals surface area (Å²) in [6.07, 6.45) is 0.868. The molecule has 2 N–H and O–H groups in total. The van der Waals surface area contributed by atoms with Crippen LogP contribution in [0.3, 0.4) is 0 Å². The van der Waals surface area contributed by atoms with Gasteiger partial charge in [0.05, 0.1) is 5.60 Å². The Morgan fingerprint density at radius 2 is 1.75 bits per heavy atom. The predicted molar refractivity (Wildman–Crippen MR) is 68.6 cm³/mol. The van der Waals surface area contributed by atoms with Gasteiger partial charge in [-0.1, -0.05) is 0 Å². The van der Waals surface area contributed by atoms with E-state index in [9.17, 15) is 5.11 Å². The Morgan fingerprint density at radius 3 is 2.12 bits per heavy atom. The van der Waals surface area contributed by atoms with E-state index in [-0.39, 0.29) is 11.1 Å². The number of likely N-dealkylation sites (tertiary alicyclic amines) is 1. The van der Waals surface area contributed by atoms with Crippen LogP contribution in [-0.4, -0.2) is 46.3 Å². The third-order valence-electron chi connectivity index (χ3n) is 3.23. The smallest absolute Gasteiger partial charge is 0.0910 e. The second-order valence-corrected chi connectivity index (χ2v) is 7.17. The van der Waals surface area contributed by atoms with E-state index < -0.39 is 5.60 Å². The van der Waals surface area contributed by atoms with Gasteiger partial charge in [0.15, 0.2) is 0 Å². The van der Waals surface area contributed by atoms with Crippen molar-refractivity contribution in [3.63, 3.8) is 0 Å². The summed E-state index contributed by atoms with van der Waals surface area (Å²) in [5, 5.41) is 13.9. The molecule has 1 aliphatic rings. The molecule has 0 aromatic rings. The predicted octanol–water partition coefficient (Wildman–Crippen LogP) is 1.61. The van der Waals surface area contributed by atoms with Crippen LogP contribution in [0.5, 0.6) is 0 Å². The molecule has 16 heavy (non-hydrogen) atoms. The Kier molecular flexibility index (Phi) is 3.73. The van der Waals surface area contributed by atoms with E-state index in [1.54, 1.807) is 0 Å². The Morgan fingerprint density at radius 1 is 1.19 bits per heavy atom. The summed E-state index contributed by atoms with van der Waals surface area (Å²) in [7, 11) is 0. The zero-order valence-electron chi connectivity index (χ0n) is 11.7. The Hall–Kier alpha value is -0.120. The minimum absolute atomic E-state index is 0.0743. The van der Waals surface area contributed by atoms with Crippen LogP contribution < -0.4 is 5.32 Å². The van der Waals surface area contributed by atoms with Crippen LogP contribution in [-0.2, 0) is 0 Å². The highest BCUT2D eigenvalue weighted by atomic mass is 16.3. The standard InChI is InChI=1S/C13H28N2O/c1-11(2,3)14-9-13(16)7-8-15(10-13)12(4,5)6/h14,16H,7-10H2,1-6H3. The fourth-order valence-electron chi connectivity index (χ4n) is 2.00. The maximum Gasteiger partial charge on any atom is 0.0910 e. The average molecular weight is 228 g/mol. The molecule has 0 aromatic heterocycles. The lowest BCUT2D eigenvalue weighted by molar-refractivity contribution is 0.0309. The van der Waals surface area contributed by atoms with Crippen molar-refractivity contribution in [2.24, 2.45) is 0 Å². The molecule has 96 valence electrons. The normalized spacial score (nSPS) is 28.7. The third-order valence-corrected chi connectivity index (χ3v) is 3.23. The van der Waals surface area contributed by atoms with Gasteiger partial charge in [0, 0.05) is 30.7 Å². The Labute approximate surface area is 100 Å². The summed E-state index contributed by atoms with van der Waals surface area (Å²) < 4.78 is 0. The average Bonchev–Trinajstić information content (AvgIpc) is 2.44. The van der Waals surface area contributed by atoms with Crippen molar-refractivity contribution in [3.05, 3.63) is 0 Å². The zero-order valence-corrected chi connectivity index (χ0v) is 11.7. The van der Waals surface area contributed by atoms with Crippen LogP contribution in [0.25, 0.3) is 0 Å². The summed E-state index contributed by atoms with van der Waals surface area (Å²) >= 11 is 0. The number of hydrogen-bond donors (Lipinski definition) is 2. The molecule has 1 atom stereocenters. The van der Waals surface area contributed by atoms with Gasteiger partial charge in [0.1, 0.15) is 0 Å². The van der Waals surface area contributed by atoms with Crippen LogP contribution in [0.15, 0.2) is 0 Å². The highest BCUT2D eigenvalue weighted by molar-refractivity contribution is 4.96. The van der Waals surface area contributed by atoms with E-state index in [1.165, 1.54) is 0 Å². The van der Waals surface area contributed by atoms with E-state index >= 15 is 0 Å². The summed E-state index contributed by atoms with van der Waals surface area (Å²) in [5.74, 6) is 0. The second-order valence-electron chi connectivity index (χ2n) is 7.17. The molecule has 1 fully saturated rings. The molecular formula is C13H28N2O. The summed E-state index contributed by atoms with van der Waals surface area (Å²) in [6.45, 7) is 15.5. The van der Waals surface area contributed by atoms with E-state index in [0.717, 1.165) is 19.5 Å². The van der Waals surface area contributed by atoms with Gasteiger partial charge < -0.3 is 10.4 Å². The molecule has 0 bridgehead atoms. The first-order chi connectivity index (χ1) is 7.02. The number of hydrogen-bond acceptors (Lipinski definition) is 3. The third kappa shape index (κ3) is 4.04. The molecule has 1 saturated heterocycles. The number of nitrogens with one attached hydrogen (secondary N) is 1. The van der Waals surface area contributed by atoms with Gasteiger partial charge in [-0.3, -0.25) is 4.90 Å². The number of rotatable bonds is 2. The van der Waals surface area contributed by atoms with Crippen molar-refractivity contribution in [1.82, 2.24) is 10.2 Å². The van der Waals surface area contributed by atoms with Crippen molar-refractivity contribution in [2.75, 3.05) is 19.6 Å². The molecule has 0 spiro atoms. The highest BCUT2D eigenvalue weighted by Crippen LogP contribution is 2.27. The second kappa shape index (κ2) is 4.28. The van der Waals surface area contributed by atoms with Crippen LogP contribution in [0.4, 0.5) is 0 Å². The molecule has 1 unspecified atom stereocenters. The lowest BCUT2D eigenvalue weighted by Gasteiger charge is -2.34. The monoisotopic (exact) mass is 228 g/mol. The minimum Gasteiger partial charge on any atom is -0.387 e. The Balaban J connectivity index is 2.50. The Bertz CT molecular complexity index is 239. The fourth-order valence-corrected chi connectivity index (χ4v) is 2.00. The SMILES string of the molecule is CC(C)(C)NCC1(O)CCN(C(C)(C)C)C1. The minimum atomic E-state index is -0.555. The van der Waals surface area contributed by atoms with Gasteiger partial charge in [-0.2, -0.15) is 0 Å². The molecule has 1 heterocycles. The van der Waals surface area contributed by atoms with Gasteiger partial charge in [-0.25, -0.2) is 0 Å². The molecule has 0 aliphatic carbocycles. The van der Waals surface area contributed by atoms with E-state index in [2.05, 4.69) is 51.8 Å². The molecule has 1 aliphatic heterocycles. The van der Waals surface area contributed by atoms with Gasteiger partial charge >= 0.3 is 0 Å². The quantitative estimate of drug-likeness (QED) is 0.754. The lowest BCUT2D eigenvalue weighted by atomic mass is 10.0. The van der Waals surface area contributed by atoms with E-state index in [1.807, 2.05) is 0 Å². The molecule has 3 nitrogen and oxygen atoms in total. The van der Waals surface area contributed by atoms with Crippen LogP contribution in [0, 0.1) is 0 Å². The lowest BCUT2D eigenvalue weighted by Crippen LogP contribution is -2.50. The van der Waals surface area contributed by atoms with Crippen molar-refractivity contribution < 1.29 is 5.11 Å². The topological polar surface area (TPSA) is 35.5 Å². The molecule has 0 amide bonds. The largest absolute Gasteiger partial charge is 0.387 e. The van der Waals surface area contributed by atoms with Gasteiger partial charge in [0.2, 0.25) is 0 Å². The van der Waals surface area contributed by atoms with Crippen molar-refractivity contribution in [2.45, 2.75) is 64.6 Å². The van der Waals surface area contributed by atoms with E-state index in [4.69, 9.17) is 0 Å². The van der Waals surface area contributed by atoms with Crippen molar-refractivity contribution in [3.8, 4) is 0 Å². The van der Waals surface area contributed by atoms with Crippen LogP contribution in [0.2, 0.25) is 0 Å². The van der Waals surface area contributed by atoms with Crippen LogP contribution >= 0.6 is 0 Å². The molecule has 0 aromatic carbocycles. The maximum absolute atomic E-state index is 10.5. The fraction of sp³-hybridized carbons (Fsp3) is 1.00. The summed E-state index contributed by atoms with van der Waals surface area (Å²) in [5.41, 5.74) is -0.322. The van der Waals surface area contributed by atoms with Crippen molar-refractivity contribution >= 4 is 0 Å².